The van der Waals surface area contributed by atoms with Crippen LogP contribution in [-0.2, 0) is 6.54 Å². The second-order valence-corrected chi connectivity index (χ2v) is 5.95. The lowest BCUT2D eigenvalue weighted by atomic mass is 10.1. The van der Waals surface area contributed by atoms with Crippen LogP contribution in [0.15, 0.2) is 59.4 Å². The number of benzene rings is 2. The van der Waals surface area contributed by atoms with E-state index < -0.39 is 0 Å². The lowest BCUT2D eigenvalue weighted by molar-refractivity contribution is 0.0725. The summed E-state index contributed by atoms with van der Waals surface area (Å²) >= 11 is 0. The predicted molar refractivity (Wildman–Crippen MR) is 100 cm³/mol. The first kappa shape index (κ1) is 17.8. The third-order valence-corrected chi connectivity index (χ3v) is 4.28. The normalized spacial score (nSPS) is 10.8. The van der Waals surface area contributed by atoms with Gasteiger partial charge in [-0.05, 0) is 18.6 Å². The zero-order valence-electron chi connectivity index (χ0n) is 14.6. The molecule has 1 heterocycles. The minimum Gasteiger partial charge on any atom is -0.395 e. The van der Waals surface area contributed by atoms with Crippen molar-refractivity contribution >= 4 is 16.7 Å². The molecule has 3 rings (SSSR count). The molecule has 2 aromatic carbocycles. The first-order valence-corrected chi connectivity index (χ1v) is 8.59. The van der Waals surface area contributed by atoms with Crippen LogP contribution in [0.3, 0.4) is 0 Å². The molecule has 0 saturated heterocycles. The van der Waals surface area contributed by atoms with Crippen molar-refractivity contribution in [2.24, 2.45) is 0 Å². The van der Waals surface area contributed by atoms with Crippen molar-refractivity contribution in [2.45, 2.75) is 13.5 Å². The monoisotopic (exact) mass is 351 g/mol. The van der Waals surface area contributed by atoms with Crippen molar-refractivity contribution in [1.82, 2.24) is 14.7 Å². The van der Waals surface area contributed by atoms with Gasteiger partial charge in [-0.2, -0.15) is 5.10 Å². The van der Waals surface area contributed by atoms with Crippen LogP contribution >= 0.6 is 0 Å². The highest BCUT2D eigenvalue weighted by Gasteiger charge is 2.21. The molecular weight excluding hydrogens is 330 g/mol. The number of carbonyl (C=O) groups is 1. The van der Waals surface area contributed by atoms with Crippen LogP contribution in [0.25, 0.3) is 10.8 Å². The molecule has 1 amide bonds. The van der Waals surface area contributed by atoms with E-state index in [1.165, 1.54) is 9.58 Å². The van der Waals surface area contributed by atoms with Crippen molar-refractivity contribution < 1.29 is 9.90 Å². The highest BCUT2D eigenvalue weighted by atomic mass is 16.3. The van der Waals surface area contributed by atoms with Gasteiger partial charge in [0.15, 0.2) is 5.69 Å². The van der Waals surface area contributed by atoms with Crippen molar-refractivity contribution in [3.05, 3.63) is 76.2 Å². The number of carbonyl (C=O) groups excluding carboxylic acids is 1. The fourth-order valence-electron chi connectivity index (χ4n) is 2.93. The molecule has 0 saturated carbocycles. The van der Waals surface area contributed by atoms with Gasteiger partial charge in [0.1, 0.15) is 0 Å². The maximum Gasteiger partial charge on any atom is 0.275 e. The first-order valence-electron chi connectivity index (χ1n) is 8.59. The number of rotatable bonds is 6. The molecule has 6 heteroatoms. The maximum atomic E-state index is 12.9. The summed E-state index contributed by atoms with van der Waals surface area (Å²) in [5, 5.41) is 14.6. The molecule has 3 aromatic rings. The number of nitrogens with zero attached hydrogens (tertiary/aromatic N) is 3. The van der Waals surface area contributed by atoms with Crippen LogP contribution < -0.4 is 5.56 Å². The average molecular weight is 351 g/mol. The number of aliphatic hydroxyl groups excluding tert-OH is 1. The summed E-state index contributed by atoms with van der Waals surface area (Å²) in [6.45, 7) is 2.68. The second-order valence-electron chi connectivity index (χ2n) is 5.95. The largest absolute Gasteiger partial charge is 0.395 e. The van der Waals surface area contributed by atoms with Crippen molar-refractivity contribution in [2.75, 3.05) is 19.7 Å². The molecule has 0 radical (unpaired) electrons. The van der Waals surface area contributed by atoms with Gasteiger partial charge in [-0.25, -0.2) is 4.68 Å². The van der Waals surface area contributed by atoms with Crippen molar-refractivity contribution in [3.8, 4) is 0 Å². The van der Waals surface area contributed by atoms with E-state index in [9.17, 15) is 14.7 Å². The van der Waals surface area contributed by atoms with E-state index in [2.05, 4.69) is 5.10 Å². The van der Waals surface area contributed by atoms with Crippen LogP contribution in [-0.4, -0.2) is 45.4 Å². The molecule has 0 aliphatic heterocycles. The fourth-order valence-corrected chi connectivity index (χ4v) is 2.93. The minimum absolute atomic E-state index is 0.124. The topological polar surface area (TPSA) is 75.4 Å². The lowest BCUT2D eigenvalue weighted by Crippen LogP contribution is -2.36. The average Bonchev–Trinajstić information content (AvgIpc) is 2.68. The van der Waals surface area contributed by atoms with Crippen LogP contribution in [0, 0.1) is 0 Å². The summed E-state index contributed by atoms with van der Waals surface area (Å²) in [5.74, 6) is -0.292. The second kappa shape index (κ2) is 7.93. The number of likely N-dealkylation sites (N-methyl/N-ethyl adjacent to an activating group) is 1. The zero-order chi connectivity index (χ0) is 18.5. The summed E-state index contributed by atoms with van der Waals surface area (Å²) in [5.41, 5.74) is 0.927. The summed E-state index contributed by atoms with van der Waals surface area (Å²) in [6, 6.07) is 16.5. The molecule has 0 aliphatic carbocycles. The lowest BCUT2D eigenvalue weighted by Gasteiger charge is -2.20. The predicted octanol–water partition coefficient (Wildman–Crippen LogP) is 1.90. The summed E-state index contributed by atoms with van der Waals surface area (Å²) in [4.78, 5) is 27.3. The molecule has 0 spiro atoms. The maximum absolute atomic E-state index is 12.9. The Balaban J connectivity index is 2.14. The van der Waals surface area contributed by atoms with E-state index in [-0.39, 0.29) is 36.9 Å². The van der Waals surface area contributed by atoms with E-state index in [1.54, 1.807) is 24.3 Å². The summed E-state index contributed by atoms with van der Waals surface area (Å²) in [6.07, 6.45) is 0. The standard InChI is InChI=1S/C20H21N3O3/c1-2-22(12-13-24)20(26)18-16-10-6-7-11-17(16)19(25)23(21-18)14-15-8-4-3-5-9-15/h3-11,24H,2,12-14H2,1H3. The van der Waals surface area contributed by atoms with Gasteiger partial charge in [0, 0.05) is 18.5 Å². The summed E-state index contributed by atoms with van der Waals surface area (Å²) in [7, 11) is 0. The molecule has 0 bridgehead atoms. The van der Waals surface area contributed by atoms with E-state index in [1.807, 2.05) is 37.3 Å². The number of fused-ring (bicyclic) bond motifs is 1. The Morgan fingerprint density at radius 3 is 2.38 bits per heavy atom. The molecular formula is C20H21N3O3. The van der Waals surface area contributed by atoms with Crippen molar-refractivity contribution in [3.63, 3.8) is 0 Å². The first-order chi connectivity index (χ1) is 12.7. The van der Waals surface area contributed by atoms with E-state index in [0.717, 1.165) is 5.56 Å². The zero-order valence-corrected chi connectivity index (χ0v) is 14.6. The Bertz CT molecular complexity index is 967. The third-order valence-electron chi connectivity index (χ3n) is 4.28. The summed E-state index contributed by atoms with van der Waals surface area (Å²) < 4.78 is 1.33. The fraction of sp³-hybridized carbons (Fsp3) is 0.250. The van der Waals surface area contributed by atoms with Crippen LogP contribution in [0.5, 0.6) is 0 Å². The number of hydrogen-bond acceptors (Lipinski definition) is 4. The molecule has 1 N–H and O–H groups in total. The number of hydrogen-bond donors (Lipinski definition) is 1. The molecule has 0 fully saturated rings. The van der Waals surface area contributed by atoms with Gasteiger partial charge >= 0.3 is 0 Å². The number of amides is 1. The van der Waals surface area contributed by atoms with Gasteiger partial charge < -0.3 is 10.0 Å². The smallest absolute Gasteiger partial charge is 0.275 e. The SMILES string of the molecule is CCN(CCO)C(=O)c1nn(Cc2ccccc2)c(=O)c2ccccc12. The minimum atomic E-state index is -0.292. The quantitative estimate of drug-likeness (QED) is 0.736. The van der Waals surface area contributed by atoms with Crippen LogP contribution in [0.4, 0.5) is 0 Å². The molecule has 6 nitrogen and oxygen atoms in total. The van der Waals surface area contributed by atoms with Crippen LogP contribution in [0.1, 0.15) is 23.0 Å². The Labute approximate surface area is 151 Å². The van der Waals surface area contributed by atoms with Gasteiger partial charge in [-0.15, -0.1) is 0 Å². The van der Waals surface area contributed by atoms with Gasteiger partial charge in [0.05, 0.1) is 18.5 Å². The molecule has 1 aromatic heterocycles. The Morgan fingerprint density at radius 2 is 1.73 bits per heavy atom. The Kier molecular flexibility index (Phi) is 5.43. The molecule has 0 unspecified atom stereocenters. The van der Waals surface area contributed by atoms with Gasteiger partial charge in [-0.3, -0.25) is 9.59 Å². The van der Waals surface area contributed by atoms with E-state index in [0.29, 0.717) is 17.3 Å². The Morgan fingerprint density at radius 1 is 1.08 bits per heavy atom. The number of aromatic nitrogens is 2. The van der Waals surface area contributed by atoms with Gasteiger partial charge in [0.2, 0.25) is 0 Å². The highest BCUT2D eigenvalue weighted by molar-refractivity contribution is 6.04. The third kappa shape index (κ3) is 3.50. The van der Waals surface area contributed by atoms with E-state index >= 15 is 0 Å². The molecule has 134 valence electrons. The molecule has 26 heavy (non-hydrogen) atoms. The Hall–Kier alpha value is -2.99. The van der Waals surface area contributed by atoms with Gasteiger partial charge in [-0.1, -0.05) is 48.5 Å². The molecule has 0 aliphatic rings. The van der Waals surface area contributed by atoms with Crippen molar-refractivity contribution in [1.29, 1.82) is 0 Å². The number of aliphatic hydroxyl groups is 1. The highest BCUT2D eigenvalue weighted by Crippen LogP contribution is 2.16. The molecule has 0 atom stereocenters. The van der Waals surface area contributed by atoms with Crippen LogP contribution in [0.2, 0.25) is 0 Å². The van der Waals surface area contributed by atoms with Gasteiger partial charge in [0.25, 0.3) is 11.5 Å². The van der Waals surface area contributed by atoms with E-state index in [4.69, 9.17) is 0 Å².